The molecule has 0 unspecified atom stereocenters. The summed E-state index contributed by atoms with van der Waals surface area (Å²) in [6, 6.07) is 5.64. The summed E-state index contributed by atoms with van der Waals surface area (Å²) >= 11 is 0. The monoisotopic (exact) mass is 232 g/mol. The van der Waals surface area contributed by atoms with Gasteiger partial charge in [0.1, 0.15) is 5.75 Å². The zero-order valence-electron chi connectivity index (χ0n) is 10.1. The highest BCUT2D eigenvalue weighted by Crippen LogP contribution is 2.25. The molecule has 0 fully saturated rings. The second-order valence-corrected chi connectivity index (χ2v) is 3.89. The number of hydrogen-bond acceptors (Lipinski definition) is 3. The van der Waals surface area contributed by atoms with Crippen LogP contribution in [0.4, 0.5) is 0 Å². The quantitative estimate of drug-likeness (QED) is 0.881. The Hall–Kier alpha value is -1.81. The van der Waals surface area contributed by atoms with Crippen LogP contribution in [0.1, 0.15) is 18.1 Å². The third-order valence-corrected chi connectivity index (χ3v) is 2.58. The lowest BCUT2D eigenvalue weighted by atomic mass is 10.1. The summed E-state index contributed by atoms with van der Waals surface area (Å²) in [5.74, 6) is 1.52. The van der Waals surface area contributed by atoms with Crippen molar-refractivity contribution >= 4 is 0 Å². The Labute approximate surface area is 100 Å². The van der Waals surface area contributed by atoms with E-state index in [0.717, 1.165) is 29.2 Å². The number of benzene rings is 1. The van der Waals surface area contributed by atoms with Crippen LogP contribution in [-0.2, 0) is 13.2 Å². The number of rotatable bonds is 4. The molecule has 0 amide bonds. The van der Waals surface area contributed by atoms with E-state index in [2.05, 4.69) is 5.10 Å². The van der Waals surface area contributed by atoms with Gasteiger partial charge < -0.3 is 9.84 Å². The Morgan fingerprint density at radius 1 is 1.41 bits per heavy atom. The van der Waals surface area contributed by atoms with Gasteiger partial charge >= 0.3 is 0 Å². The zero-order chi connectivity index (χ0) is 12.3. The van der Waals surface area contributed by atoms with Crippen LogP contribution in [0, 0.1) is 6.92 Å². The van der Waals surface area contributed by atoms with Crippen molar-refractivity contribution in [2.45, 2.75) is 27.0 Å². The summed E-state index contributed by atoms with van der Waals surface area (Å²) in [6.07, 6.45) is 3.56. The molecule has 4 nitrogen and oxygen atoms in total. The second-order valence-electron chi connectivity index (χ2n) is 3.89. The largest absolute Gasteiger partial charge is 0.454 e. The van der Waals surface area contributed by atoms with E-state index in [1.807, 2.05) is 42.9 Å². The highest BCUT2D eigenvalue weighted by atomic mass is 16.5. The van der Waals surface area contributed by atoms with E-state index in [1.54, 1.807) is 6.20 Å². The Bertz CT molecular complexity index is 506. The Balaban J connectivity index is 2.18. The maximum absolute atomic E-state index is 9.02. The summed E-state index contributed by atoms with van der Waals surface area (Å²) in [6.45, 7) is 4.86. The van der Waals surface area contributed by atoms with E-state index < -0.39 is 0 Å². The van der Waals surface area contributed by atoms with Gasteiger partial charge in [0, 0.05) is 6.54 Å². The molecule has 0 bridgehead atoms. The minimum Gasteiger partial charge on any atom is -0.454 e. The van der Waals surface area contributed by atoms with Gasteiger partial charge in [0.25, 0.3) is 0 Å². The average molecular weight is 232 g/mol. The minimum atomic E-state index is 0.0505. The topological polar surface area (TPSA) is 47.3 Å². The number of aliphatic hydroxyl groups excluding tert-OH is 1. The molecule has 0 aliphatic rings. The molecule has 1 heterocycles. The predicted octanol–water partition coefficient (Wildman–Crippen LogP) is 2.50. The molecule has 1 aromatic heterocycles. The molecule has 2 aromatic rings. The SMILES string of the molecule is CCn1cc(Oc2ccc(CO)cc2C)cn1. The first-order chi connectivity index (χ1) is 8.22. The van der Waals surface area contributed by atoms with Crippen molar-refractivity contribution in [3.8, 4) is 11.5 Å². The lowest BCUT2D eigenvalue weighted by Crippen LogP contribution is -1.92. The molecule has 0 spiro atoms. The summed E-state index contributed by atoms with van der Waals surface area (Å²) in [4.78, 5) is 0. The van der Waals surface area contributed by atoms with Crippen LogP contribution >= 0.6 is 0 Å². The van der Waals surface area contributed by atoms with Gasteiger partial charge in [-0.25, -0.2) is 0 Å². The molecule has 0 atom stereocenters. The molecule has 90 valence electrons. The molecular weight excluding hydrogens is 216 g/mol. The van der Waals surface area contributed by atoms with Crippen molar-refractivity contribution in [2.24, 2.45) is 0 Å². The number of aryl methyl sites for hydroxylation is 2. The van der Waals surface area contributed by atoms with Gasteiger partial charge in [-0.2, -0.15) is 5.10 Å². The van der Waals surface area contributed by atoms with Crippen molar-refractivity contribution in [1.82, 2.24) is 9.78 Å². The molecule has 0 aliphatic carbocycles. The molecular formula is C13H16N2O2. The van der Waals surface area contributed by atoms with E-state index in [9.17, 15) is 0 Å². The van der Waals surface area contributed by atoms with Gasteiger partial charge in [-0.15, -0.1) is 0 Å². The molecule has 1 N–H and O–H groups in total. The van der Waals surface area contributed by atoms with Gasteiger partial charge in [-0.05, 0) is 31.0 Å². The number of aliphatic hydroxyl groups is 1. The Morgan fingerprint density at radius 3 is 2.82 bits per heavy atom. The smallest absolute Gasteiger partial charge is 0.165 e. The van der Waals surface area contributed by atoms with Crippen LogP contribution in [0.2, 0.25) is 0 Å². The van der Waals surface area contributed by atoms with E-state index in [4.69, 9.17) is 9.84 Å². The standard InChI is InChI=1S/C13H16N2O2/c1-3-15-8-12(7-14-15)17-13-5-4-11(9-16)6-10(13)2/h4-8,16H,3,9H2,1-2H3. The van der Waals surface area contributed by atoms with Crippen molar-refractivity contribution in [3.05, 3.63) is 41.7 Å². The molecule has 4 heteroatoms. The van der Waals surface area contributed by atoms with Crippen LogP contribution in [0.3, 0.4) is 0 Å². The van der Waals surface area contributed by atoms with Crippen molar-refractivity contribution in [2.75, 3.05) is 0 Å². The summed E-state index contributed by atoms with van der Waals surface area (Å²) in [7, 11) is 0. The predicted molar refractivity (Wildman–Crippen MR) is 65.1 cm³/mol. The number of hydrogen-bond donors (Lipinski definition) is 1. The molecule has 0 saturated carbocycles. The molecule has 0 aliphatic heterocycles. The van der Waals surface area contributed by atoms with Crippen LogP contribution in [-0.4, -0.2) is 14.9 Å². The second kappa shape index (κ2) is 5.01. The Morgan fingerprint density at radius 2 is 2.24 bits per heavy atom. The van der Waals surface area contributed by atoms with Crippen LogP contribution in [0.5, 0.6) is 11.5 Å². The Kier molecular flexibility index (Phi) is 3.44. The van der Waals surface area contributed by atoms with Crippen LogP contribution in [0.15, 0.2) is 30.6 Å². The lowest BCUT2D eigenvalue weighted by molar-refractivity contribution is 0.281. The highest BCUT2D eigenvalue weighted by molar-refractivity contribution is 5.38. The number of nitrogens with zero attached hydrogens (tertiary/aromatic N) is 2. The van der Waals surface area contributed by atoms with Crippen molar-refractivity contribution in [1.29, 1.82) is 0 Å². The van der Waals surface area contributed by atoms with E-state index in [1.165, 1.54) is 0 Å². The fraction of sp³-hybridized carbons (Fsp3) is 0.308. The van der Waals surface area contributed by atoms with Gasteiger partial charge in [-0.3, -0.25) is 4.68 Å². The summed E-state index contributed by atoms with van der Waals surface area (Å²) in [5, 5.41) is 13.2. The lowest BCUT2D eigenvalue weighted by Gasteiger charge is -2.07. The average Bonchev–Trinajstić information content (AvgIpc) is 2.79. The van der Waals surface area contributed by atoms with Crippen molar-refractivity contribution < 1.29 is 9.84 Å². The number of aromatic nitrogens is 2. The summed E-state index contributed by atoms with van der Waals surface area (Å²) < 4.78 is 7.54. The van der Waals surface area contributed by atoms with Gasteiger partial charge in [-0.1, -0.05) is 12.1 Å². The molecule has 17 heavy (non-hydrogen) atoms. The van der Waals surface area contributed by atoms with Gasteiger partial charge in [0.2, 0.25) is 0 Å². The minimum absolute atomic E-state index is 0.0505. The third kappa shape index (κ3) is 2.65. The van der Waals surface area contributed by atoms with E-state index in [-0.39, 0.29) is 6.61 Å². The first-order valence-corrected chi connectivity index (χ1v) is 5.63. The van der Waals surface area contributed by atoms with Gasteiger partial charge in [0.05, 0.1) is 19.0 Å². The maximum atomic E-state index is 9.02. The van der Waals surface area contributed by atoms with Crippen LogP contribution < -0.4 is 4.74 Å². The van der Waals surface area contributed by atoms with Crippen molar-refractivity contribution in [3.63, 3.8) is 0 Å². The molecule has 2 rings (SSSR count). The fourth-order valence-corrected chi connectivity index (χ4v) is 1.62. The summed E-state index contributed by atoms with van der Waals surface area (Å²) in [5.41, 5.74) is 1.89. The molecule has 0 radical (unpaired) electrons. The normalized spacial score (nSPS) is 10.5. The highest BCUT2D eigenvalue weighted by Gasteiger charge is 2.04. The van der Waals surface area contributed by atoms with Gasteiger partial charge in [0.15, 0.2) is 5.75 Å². The first-order valence-electron chi connectivity index (χ1n) is 5.63. The third-order valence-electron chi connectivity index (χ3n) is 2.58. The molecule has 0 saturated heterocycles. The number of ether oxygens (including phenoxy) is 1. The zero-order valence-corrected chi connectivity index (χ0v) is 10.1. The van der Waals surface area contributed by atoms with E-state index >= 15 is 0 Å². The fourth-order valence-electron chi connectivity index (χ4n) is 1.62. The van der Waals surface area contributed by atoms with E-state index in [0.29, 0.717) is 0 Å². The maximum Gasteiger partial charge on any atom is 0.165 e. The van der Waals surface area contributed by atoms with Crippen LogP contribution in [0.25, 0.3) is 0 Å². The molecule has 1 aromatic carbocycles. The first kappa shape index (κ1) is 11.7.